The summed E-state index contributed by atoms with van der Waals surface area (Å²) in [4.78, 5) is 16.0. The van der Waals surface area contributed by atoms with Gasteiger partial charge in [-0.15, -0.1) is 11.3 Å². The Hall–Kier alpha value is -1.06. The van der Waals surface area contributed by atoms with E-state index in [9.17, 15) is 13.2 Å². The molecule has 0 amide bonds. The van der Waals surface area contributed by atoms with E-state index >= 15 is 0 Å². The molecule has 1 aromatic carbocycles. The van der Waals surface area contributed by atoms with E-state index in [4.69, 9.17) is 39.5 Å². The van der Waals surface area contributed by atoms with Crippen molar-refractivity contribution in [1.29, 1.82) is 0 Å². The number of carbonyl (C=O) groups is 1. The summed E-state index contributed by atoms with van der Waals surface area (Å²) in [6, 6.07) is 2.56. The normalized spacial score (nSPS) is 11.4. The number of sulfonamides is 1. The van der Waals surface area contributed by atoms with Gasteiger partial charge in [-0.05, 0) is 26.0 Å². The summed E-state index contributed by atoms with van der Waals surface area (Å²) in [7, 11) is -4.07. The molecule has 0 atom stereocenters. The lowest BCUT2D eigenvalue weighted by atomic mass is 10.3. The molecule has 0 bridgehead atoms. The van der Waals surface area contributed by atoms with Crippen LogP contribution in [0.2, 0.25) is 15.1 Å². The lowest BCUT2D eigenvalue weighted by Gasteiger charge is -2.09. The Bertz CT molecular complexity index is 890. The number of carbonyl (C=O) groups excluding carboxylic acids is 1. The molecule has 0 aliphatic carbocycles. The Balaban J connectivity index is 2.29. The maximum absolute atomic E-state index is 12.6. The first kappa shape index (κ1) is 20.3. The van der Waals surface area contributed by atoms with E-state index in [0.29, 0.717) is 10.6 Å². The number of esters is 1. The van der Waals surface area contributed by atoms with Crippen molar-refractivity contribution in [3.05, 3.63) is 37.8 Å². The zero-order valence-electron chi connectivity index (χ0n) is 13.1. The van der Waals surface area contributed by atoms with Gasteiger partial charge in [-0.25, -0.2) is 13.4 Å². The molecule has 0 aliphatic heterocycles. The molecule has 1 N–H and O–H groups in total. The summed E-state index contributed by atoms with van der Waals surface area (Å²) < 4.78 is 32.3. The van der Waals surface area contributed by atoms with Crippen LogP contribution < -0.4 is 4.72 Å². The third-order valence-electron chi connectivity index (χ3n) is 2.96. The highest BCUT2D eigenvalue weighted by molar-refractivity contribution is 7.93. The summed E-state index contributed by atoms with van der Waals surface area (Å²) in [5, 5.41) is 0.102. The van der Waals surface area contributed by atoms with Gasteiger partial charge >= 0.3 is 5.97 Å². The van der Waals surface area contributed by atoms with E-state index in [1.807, 2.05) is 0 Å². The number of benzene rings is 1. The van der Waals surface area contributed by atoms with E-state index in [0.717, 1.165) is 11.3 Å². The average molecular weight is 444 g/mol. The fraction of sp³-hybridized carbons (Fsp3) is 0.286. The van der Waals surface area contributed by atoms with Gasteiger partial charge in [0.1, 0.15) is 4.90 Å². The van der Waals surface area contributed by atoms with Crippen molar-refractivity contribution in [3.63, 3.8) is 0 Å². The number of aryl methyl sites for hydroxylation is 1. The number of hydrogen-bond acceptors (Lipinski definition) is 6. The van der Waals surface area contributed by atoms with Gasteiger partial charge in [-0.3, -0.25) is 9.52 Å². The Kier molecular flexibility index (Phi) is 6.56. The first-order chi connectivity index (χ1) is 11.6. The lowest BCUT2D eigenvalue weighted by molar-refractivity contribution is -0.142. The van der Waals surface area contributed by atoms with Crippen molar-refractivity contribution >= 4 is 67.3 Å². The van der Waals surface area contributed by atoms with Crippen LogP contribution in [0.3, 0.4) is 0 Å². The number of rotatable bonds is 6. The number of hydrogen-bond donors (Lipinski definition) is 1. The maximum atomic E-state index is 12.6. The zero-order valence-corrected chi connectivity index (χ0v) is 17.0. The number of halogens is 3. The van der Waals surface area contributed by atoms with Crippen LogP contribution >= 0.6 is 46.1 Å². The van der Waals surface area contributed by atoms with Crippen LogP contribution in [0.25, 0.3) is 0 Å². The molecule has 0 saturated heterocycles. The number of nitrogens with one attached hydrogen (secondary N) is 1. The Morgan fingerprint density at radius 3 is 2.44 bits per heavy atom. The van der Waals surface area contributed by atoms with Crippen molar-refractivity contribution in [2.45, 2.75) is 25.2 Å². The maximum Gasteiger partial charge on any atom is 0.311 e. The van der Waals surface area contributed by atoms with Crippen LogP contribution in [0, 0.1) is 6.92 Å². The van der Waals surface area contributed by atoms with Crippen molar-refractivity contribution in [2.75, 3.05) is 11.3 Å². The summed E-state index contributed by atoms with van der Waals surface area (Å²) >= 11 is 18.7. The lowest BCUT2D eigenvalue weighted by Crippen LogP contribution is -2.14. The smallest absolute Gasteiger partial charge is 0.311 e. The second-order valence-corrected chi connectivity index (χ2v) is 8.77. The first-order valence-electron chi connectivity index (χ1n) is 6.93. The molecule has 1 aromatic heterocycles. The van der Waals surface area contributed by atoms with Crippen LogP contribution in [0.15, 0.2) is 17.0 Å². The predicted octanol–water partition coefficient (Wildman–Crippen LogP) is 4.32. The minimum Gasteiger partial charge on any atom is -0.466 e. The van der Waals surface area contributed by atoms with Gasteiger partial charge in [0.2, 0.25) is 0 Å². The minimum atomic E-state index is -4.07. The molecule has 1 heterocycles. The fourth-order valence-corrected chi connectivity index (χ4v) is 5.66. The zero-order chi connectivity index (χ0) is 18.8. The Labute approximate surface area is 164 Å². The molecule has 2 aromatic rings. The van der Waals surface area contributed by atoms with E-state index in [1.165, 1.54) is 12.1 Å². The molecule has 0 spiro atoms. The van der Waals surface area contributed by atoms with Gasteiger partial charge in [0.15, 0.2) is 5.13 Å². The Morgan fingerprint density at radius 1 is 1.28 bits per heavy atom. The van der Waals surface area contributed by atoms with Crippen molar-refractivity contribution < 1.29 is 17.9 Å². The van der Waals surface area contributed by atoms with Gasteiger partial charge in [0.25, 0.3) is 10.0 Å². The number of nitrogens with zero attached hydrogens (tertiary/aromatic N) is 1. The summed E-state index contributed by atoms with van der Waals surface area (Å²) in [6.45, 7) is 3.64. The average Bonchev–Trinajstić information content (AvgIpc) is 2.76. The van der Waals surface area contributed by atoms with Crippen molar-refractivity contribution in [3.8, 4) is 0 Å². The number of aromatic nitrogens is 1. The minimum absolute atomic E-state index is 0.0154. The van der Waals surface area contributed by atoms with Gasteiger partial charge in [-0.2, -0.15) is 0 Å². The first-order valence-corrected chi connectivity index (χ1v) is 10.4. The third kappa shape index (κ3) is 4.98. The quantitative estimate of drug-likeness (QED) is 0.672. The van der Waals surface area contributed by atoms with Gasteiger partial charge in [0.05, 0.1) is 28.8 Å². The van der Waals surface area contributed by atoms with Gasteiger partial charge in [-0.1, -0.05) is 34.8 Å². The molecule has 0 fully saturated rings. The van der Waals surface area contributed by atoms with Crippen LogP contribution in [0.4, 0.5) is 5.13 Å². The SMILES string of the molecule is CCOC(=O)Cc1sc(NS(=O)(=O)c2c(Cl)cc(Cl)cc2Cl)nc1C. The second-order valence-electron chi connectivity index (χ2n) is 4.81. The van der Waals surface area contributed by atoms with Crippen LogP contribution in [-0.4, -0.2) is 26.0 Å². The van der Waals surface area contributed by atoms with E-state index in [1.54, 1.807) is 13.8 Å². The molecule has 0 unspecified atom stereocenters. The second kappa shape index (κ2) is 8.09. The standard InChI is InChI=1S/C14H13Cl3N2O4S2/c1-3-23-12(20)6-11-7(2)18-14(24-11)19-25(21,22)13-9(16)4-8(15)5-10(13)17/h4-5H,3,6H2,1-2H3,(H,18,19). The third-order valence-corrected chi connectivity index (χ3v) is 6.64. The molecular weight excluding hydrogens is 431 g/mol. The predicted molar refractivity (Wildman–Crippen MR) is 99.5 cm³/mol. The molecule has 0 saturated carbocycles. The fourth-order valence-electron chi connectivity index (χ4n) is 1.93. The van der Waals surface area contributed by atoms with E-state index < -0.39 is 16.0 Å². The van der Waals surface area contributed by atoms with Crippen LogP contribution in [0.1, 0.15) is 17.5 Å². The molecular formula is C14H13Cl3N2O4S2. The van der Waals surface area contributed by atoms with Crippen molar-refractivity contribution in [2.24, 2.45) is 0 Å². The summed E-state index contributed by atoms with van der Waals surface area (Å²) in [6.07, 6.45) is 0.0154. The molecule has 136 valence electrons. The summed E-state index contributed by atoms with van der Waals surface area (Å²) in [5.74, 6) is -0.410. The largest absolute Gasteiger partial charge is 0.466 e. The number of ether oxygens (including phenoxy) is 1. The molecule has 11 heteroatoms. The topological polar surface area (TPSA) is 85.4 Å². The molecule has 2 rings (SSSR count). The van der Waals surface area contributed by atoms with E-state index in [-0.39, 0.29) is 38.1 Å². The Morgan fingerprint density at radius 2 is 1.88 bits per heavy atom. The van der Waals surface area contributed by atoms with Gasteiger partial charge < -0.3 is 4.74 Å². The van der Waals surface area contributed by atoms with Crippen molar-refractivity contribution in [1.82, 2.24) is 4.98 Å². The molecule has 0 aliphatic rings. The van der Waals surface area contributed by atoms with Crippen LogP contribution in [0.5, 0.6) is 0 Å². The van der Waals surface area contributed by atoms with Gasteiger partial charge in [0, 0.05) is 9.90 Å². The molecule has 6 nitrogen and oxygen atoms in total. The van der Waals surface area contributed by atoms with Crippen LogP contribution in [-0.2, 0) is 26.0 Å². The summed E-state index contributed by atoms with van der Waals surface area (Å²) in [5.41, 5.74) is 0.532. The number of anilines is 1. The highest BCUT2D eigenvalue weighted by atomic mass is 35.5. The highest BCUT2D eigenvalue weighted by Gasteiger charge is 2.24. The monoisotopic (exact) mass is 442 g/mol. The highest BCUT2D eigenvalue weighted by Crippen LogP contribution is 2.34. The van der Waals surface area contributed by atoms with E-state index in [2.05, 4.69) is 9.71 Å². The molecule has 0 radical (unpaired) electrons. The molecule has 25 heavy (non-hydrogen) atoms. The number of thiazole rings is 1.